The van der Waals surface area contributed by atoms with Crippen molar-refractivity contribution in [3.63, 3.8) is 0 Å². The highest BCUT2D eigenvalue weighted by atomic mass is 16.5. The fourth-order valence-electron chi connectivity index (χ4n) is 4.12. The second-order valence-electron chi connectivity index (χ2n) is 8.32. The second kappa shape index (κ2) is 16.9. The van der Waals surface area contributed by atoms with E-state index in [0.29, 0.717) is 17.7 Å². The van der Waals surface area contributed by atoms with Gasteiger partial charge in [0.25, 0.3) is 5.91 Å². The molecule has 4 rings (SSSR count). The number of nitrogens with zero attached hydrogens (tertiary/aromatic N) is 1. The van der Waals surface area contributed by atoms with Gasteiger partial charge >= 0.3 is 5.97 Å². The minimum Gasteiger partial charge on any atom is -0.465 e. The van der Waals surface area contributed by atoms with Gasteiger partial charge in [-0.2, -0.15) is 0 Å². The summed E-state index contributed by atoms with van der Waals surface area (Å²) in [6, 6.07) is 19.3. The summed E-state index contributed by atoms with van der Waals surface area (Å²) in [7, 11) is 1.36. The van der Waals surface area contributed by atoms with E-state index in [1.807, 2.05) is 103 Å². The molecule has 1 amide bonds. The number of aromatic nitrogens is 1. The summed E-state index contributed by atoms with van der Waals surface area (Å²) in [6.07, 6.45) is 7.39. The molecule has 1 aliphatic rings. The van der Waals surface area contributed by atoms with Crippen molar-refractivity contribution in [2.45, 2.75) is 73.4 Å². The van der Waals surface area contributed by atoms with E-state index < -0.39 is 5.54 Å². The van der Waals surface area contributed by atoms with Crippen molar-refractivity contribution in [3.05, 3.63) is 106 Å². The van der Waals surface area contributed by atoms with Gasteiger partial charge in [0.1, 0.15) is 0 Å². The molecule has 0 radical (unpaired) electrons. The number of esters is 1. The molecule has 0 aliphatic heterocycles. The predicted octanol–water partition coefficient (Wildman–Crippen LogP) is 6.34. The number of allylic oxidation sites excluding steroid dienone is 1. The van der Waals surface area contributed by atoms with E-state index >= 15 is 0 Å². The van der Waals surface area contributed by atoms with Crippen LogP contribution in [0.5, 0.6) is 0 Å². The number of ether oxygens (including phenoxy) is 1. The van der Waals surface area contributed by atoms with Crippen LogP contribution in [0.1, 0.15) is 82.8 Å². The molecule has 1 saturated carbocycles. The maximum absolute atomic E-state index is 13.5. The molecule has 5 nitrogen and oxygen atoms in total. The molecule has 0 saturated heterocycles. The Kier molecular flexibility index (Phi) is 14.3. The Morgan fingerprint density at radius 3 is 2.05 bits per heavy atom. The van der Waals surface area contributed by atoms with Crippen molar-refractivity contribution in [1.82, 2.24) is 9.88 Å². The summed E-state index contributed by atoms with van der Waals surface area (Å²) < 4.78 is 6.85. The third-order valence-electron chi connectivity index (χ3n) is 6.04. The average molecular weight is 531 g/mol. The van der Waals surface area contributed by atoms with E-state index in [4.69, 9.17) is 4.74 Å². The zero-order valence-electron chi connectivity index (χ0n) is 25.0. The lowest BCUT2D eigenvalue weighted by atomic mass is 10.0. The number of rotatable bonds is 7. The first-order chi connectivity index (χ1) is 19.0. The van der Waals surface area contributed by atoms with Gasteiger partial charge in [-0.05, 0) is 54.3 Å². The summed E-state index contributed by atoms with van der Waals surface area (Å²) in [5.74, 6) is -0.512. The molecule has 39 heavy (non-hydrogen) atoms. The van der Waals surface area contributed by atoms with Crippen molar-refractivity contribution in [1.29, 1.82) is 0 Å². The Bertz CT molecular complexity index is 1300. The Balaban J connectivity index is 0.00000119. The lowest BCUT2D eigenvalue weighted by Gasteiger charge is -2.19. The van der Waals surface area contributed by atoms with Crippen molar-refractivity contribution >= 4 is 24.0 Å². The van der Waals surface area contributed by atoms with Gasteiger partial charge in [0.15, 0.2) is 0 Å². The van der Waals surface area contributed by atoms with Crippen LogP contribution < -0.4 is 15.9 Å². The minimum atomic E-state index is -0.420. The Hall–Kier alpha value is -3.86. The first-order valence-electron chi connectivity index (χ1n) is 14.0. The van der Waals surface area contributed by atoms with Crippen molar-refractivity contribution in [3.8, 4) is 0 Å². The number of carbonyl (C=O) groups is 2. The number of carbonyl (C=O) groups excluding carboxylic acids is 2. The zero-order chi connectivity index (χ0) is 29.4. The van der Waals surface area contributed by atoms with Gasteiger partial charge < -0.3 is 14.6 Å². The first kappa shape index (κ1) is 33.2. The SMILES string of the molecule is C=c1ccn(Cc2ccccc2)/c1=C(/C=C\C)C(=O)NC1(c2ccc(C(=O)OC)cc2)CC1.CC.CC.CC. The Labute approximate surface area is 234 Å². The molecule has 210 valence electrons. The van der Waals surface area contributed by atoms with Crippen LogP contribution in [0, 0.1) is 0 Å². The monoisotopic (exact) mass is 530 g/mol. The Morgan fingerprint density at radius 1 is 0.949 bits per heavy atom. The molecule has 3 aromatic rings. The van der Waals surface area contributed by atoms with E-state index in [1.165, 1.54) is 7.11 Å². The lowest BCUT2D eigenvalue weighted by molar-refractivity contribution is -0.116. The molecule has 1 fully saturated rings. The van der Waals surface area contributed by atoms with Crippen LogP contribution >= 0.6 is 0 Å². The molecule has 1 aliphatic carbocycles. The normalized spacial score (nSPS) is 13.3. The highest BCUT2D eigenvalue weighted by Crippen LogP contribution is 2.45. The van der Waals surface area contributed by atoms with Gasteiger partial charge in [-0.15, -0.1) is 0 Å². The standard InChI is InChI=1S/C28H28N2O3.3C2H6/c1-4-8-24(25-20(2)15-18-30(25)19-21-9-6-5-7-10-21)26(31)29-28(16-17-28)23-13-11-22(12-14-23)27(32)33-3;3*1-2/h4-15,18H,2,16-17,19H2,1,3H3,(H,29,31);3*1-2H3/b8-4-,25-24-;;;. The van der Waals surface area contributed by atoms with Crippen LogP contribution in [0.15, 0.2) is 79.0 Å². The quantitative estimate of drug-likeness (QED) is 0.363. The average Bonchev–Trinajstić information content (AvgIpc) is 3.70. The third-order valence-corrected chi connectivity index (χ3v) is 6.04. The van der Waals surface area contributed by atoms with Crippen LogP contribution in [-0.2, 0) is 21.6 Å². The minimum absolute atomic E-state index is 0.138. The summed E-state index contributed by atoms with van der Waals surface area (Å²) in [5.41, 5.74) is 2.79. The van der Waals surface area contributed by atoms with Crippen LogP contribution in [0.25, 0.3) is 12.2 Å². The fraction of sp³-hybridized carbons (Fsp3) is 0.353. The number of benzene rings is 2. The molecule has 0 spiro atoms. The van der Waals surface area contributed by atoms with Crippen molar-refractivity contribution in [2.75, 3.05) is 7.11 Å². The summed E-state index contributed by atoms with van der Waals surface area (Å²) in [6.45, 7) is 18.7. The highest BCUT2D eigenvalue weighted by Gasteiger charge is 2.46. The van der Waals surface area contributed by atoms with Crippen LogP contribution in [0.2, 0.25) is 0 Å². The molecule has 0 atom stereocenters. The largest absolute Gasteiger partial charge is 0.465 e. The Morgan fingerprint density at radius 2 is 1.54 bits per heavy atom. The van der Waals surface area contributed by atoms with E-state index in [2.05, 4.69) is 28.6 Å². The van der Waals surface area contributed by atoms with E-state index in [9.17, 15) is 9.59 Å². The van der Waals surface area contributed by atoms with Gasteiger partial charge in [0, 0.05) is 12.7 Å². The summed E-state index contributed by atoms with van der Waals surface area (Å²) in [4.78, 5) is 25.3. The van der Waals surface area contributed by atoms with E-state index in [-0.39, 0.29) is 11.9 Å². The number of nitrogens with one attached hydrogen (secondary N) is 1. The van der Waals surface area contributed by atoms with Gasteiger partial charge in [-0.25, -0.2) is 4.79 Å². The van der Waals surface area contributed by atoms with Gasteiger partial charge in [0.05, 0.1) is 29.1 Å². The third kappa shape index (κ3) is 8.57. The fourth-order valence-corrected chi connectivity index (χ4v) is 4.12. The topological polar surface area (TPSA) is 60.3 Å². The number of hydrogen-bond acceptors (Lipinski definition) is 3. The van der Waals surface area contributed by atoms with Crippen LogP contribution in [0.4, 0.5) is 0 Å². The molecule has 2 aromatic carbocycles. The van der Waals surface area contributed by atoms with Crippen molar-refractivity contribution < 1.29 is 14.3 Å². The van der Waals surface area contributed by atoms with Crippen LogP contribution in [-0.4, -0.2) is 23.6 Å². The summed E-state index contributed by atoms with van der Waals surface area (Å²) >= 11 is 0. The molecular formula is C34H46N2O3. The predicted molar refractivity (Wildman–Crippen MR) is 164 cm³/mol. The molecule has 1 heterocycles. The highest BCUT2D eigenvalue weighted by molar-refractivity contribution is 6.17. The molecule has 5 heteroatoms. The van der Waals surface area contributed by atoms with Gasteiger partial charge in [0.2, 0.25) is 0 Å². The lowest BCUT2D eigenvalue weighted by Crippen LogP contribution is -2.40. The van der Waals surface area contributed by atoms with Crippen LogP contribution in [0.3, 0.4) is 0 Å². The molecule has 1 aromatic heterocycles. The molecule has 0 unspecified atom stereocenters. The van der Waals surface area contributed by atoms with Gasteiger partial charge in [-0.1, -0.05) is 103 Å². The first-order valence-corrected chi connectivity index (χ1v) is 14.0. The van der Waals surface area contributed by atoms with E-state index in [0.717, 1.165) is 34.5 Å². The van der Waals surface area contributed by atoms with Crippen molar-refractivity contribution in [2.24, 2.45) is 0 Å². The molecule has 1 N–H and O–H groups in total. The zero-order valence-corrected chi connectivity index (χ0v) is 25.0. The summed E-state index contributed by atoms with van der Waals surface area (Å²) in [5, 5.41) is 4.87. The van der Waals surface area contributed by atoms with Gasteiger partial charge in [-0.3, -0.25) is 4.79 Å². The number of hydrogen-bond donors (Lipinski definition) is 1. The maximum atomic E-state index is 13.5. The van der Waals surface area contributed by atoms with E-state index in [1.54, 1.807) is 12.1 Å². The molecule has 0 bridgehead atoms. The number of methoxy groups -OCH3 is 1. The smallest absolute Gasteiger partial charge is 0.337 e. The number of amides is 1. The second-order valence-corrected chi connectivity index (χ2v) is 8.32. The maximum Gasteiger partial charge on any atom is 0.337 e. The molecular weight excluding hydrogens is 484 g/mol.